The molecule has 0 aromatic carbocycles. The van der Waals surface area contributed by atoms with Crippen molar-refractivity contribution in [3.63, 3.8) is 0 Å². The molecule has 1 unspecified atom stereocenters. The van der Waals surface area contributed by atoms with Crippen molar-refractivity contribution in [1.29, 1.82) is 0 Å². The highest BCUT2D eigenvalue weighted by molar-refractivity contribution is 5.77. The minimum atomic E-state index is -1.25. The molecule has 70 valence electrons. The fourth-order valence-electron chi connectivity index (χ4n) is 0.662. The zero-order valence-electron chi connectivity index (χ0n) is 6.70. The summed E-state index contributed by atoms with van der Waals surface area (Å²) >= 11 is 0. The van der Waals surface area contributed by atoms with E-state index < -0.39 is 12.1 Å². The van der Waals surface area contributed by atoms with Crippen molar-refractivity contribution in [2.24, 2.45) is 0 Å². The van der Waals surface area contributed by atoms with Crippen molar-refractivity contribution >= 4 is 12.0 Å². The van der Waals surface area contributed by atoms with Crippen molar-refractivity contribution in [3.05, 3.63) is 0 Å². The van der Waals surface area contributed by atoms with E-state index in [2.05, 4.69) is 5.32 Å². The highest BCUT2D eigenvalue weighted by Crippen LogP contribution is 1.90. The van der Waals surface area contributed by atoms with Gasteiger partial charge in [-0.15, -0.1) is 0 Å². The molecule has 12 heavy (non-hydrogen) atoms. The van der Waals surface area contributed by atoms with Crippen LogP contribution in [0.3, 0.4) is 0 Å². The average molecular weight is 176 g/mol. The summed E-state index contributed by atoms with van der Waals surface area (Å²) in [5, 5.41) is 21.2. The summed E-state index contributed by atoms with van der Waals surface area (Å²) in [7, 11) is 1.44. The normalized spacial score (nSPS) is 11.8. The second-order valence-corrected chi connectivity index (χ2v) is 2.21. The van der Waals surface area contributed by atoms with Gasteiger partial charge in [-0.05, 0) is 0 Å². The van der Waals surface area contributed by atoms with Gasteiger partial charge in [0, 0.05) is 13.5 Å². The molecule has 0 saturated carbocycles. The quantitative estimate of drug-likeness (QED) is 0.430. The Hall–Kier alpha value is -1.30. The van der Waals surface area contributed by atoms with Crippen LogP contribution in [0.2, 0.25) is 0 Å². The minimum Gasteiger partial charge on any atom is -0.465 e. The Bertz CT molecular complexity index is 171. The van der Waals surface area contributed by atoms with Crippen LogP contribution in [0.15, 0.2) is 0 Å². The third kappa shape index (κ3) is 4.51. The lowest BCUT2D eigenvalue weighted by Crippen LogP contribution is -2.40. The molecule has 0 aliphatic carbocycles. The van der Waals surface area contributed by atoms with Crippen LogP contribution >= 0.6 is 0 Å². The van der Waals surface area contributed by atoms with Gasteiger partial charge in [0.1, 0.15) is 0 Å². The minimum absolute atomic E-state index is 0.0563. The summed E-state index contributed by atoms with van der Waals surface area (Å²) in [4.78, 5) is 20.8. The number of hydrogen-bond acceptors (Lipinski definition) is 3. The molecule has 0 bridgehead atoms. The maximum atomic E-state index is 10.7. The Labute approximate surface area is 69.6 Å². The highest BCUT2D eigenvalue weighted by atomic mass is 16.4. The van der Waals surface area contributed by atoms with Crippen LogP contribution in [-0.2, 0) is 4.79 Å². The van der Waals surface area contributed by atoms with Crippen molar-refractivity contribution < 1.29 is 19.8 Å². The lowest BCUT2D eigenvalue weighted by atomic mass is 10.2. The van der Waals surface area contributed by atoms with Crippen LogP contribution in [0.25, 0.3) is 0 Å². The summed E-state index contributed by atoms with van der Waals surface area (Å²) in [5.74, 6) is -0.317. The van der Waals surface area contributed by atoms with Crippen LogP contribution < -0.4 is 10.6 Å². The molecule has 2 amide bonds. The number of hydrogen-bond donors (Lipinski definition) is 4. The Morgan fingerprint density at radius 3 is 2.42 bits per heavy atom. The van der Waals surface area contributed by atoms with E-state index in [0.29, 0.717) is 0 Å². The first-order valence-electron chi connectivity index (χ1n) is 3.41. The van der Waals surface area contributed by atoms with Crippen LogP contribution in [0, 0.1) is 0 Å². The third-order valence-corrected chi connectivity index (χ3v) is 1.26. The molecular formula is C6H12N2O4. The molecule has 0 aliphatic heterocycles. The molecule has 0 aliphatic rings. The first-order chi connectivity index (χ1) is 5.60. The molecule has 0 aromatic rings. The van der Waals surface area contributed by atoms with Gasteiger partial charge >= 0.3 is 6.09 Å². The largest absolute Gasteiger partial charge is 0.465 e. The zero-order valence-corrected chi connectivity index (χ0v) is 6.70. The molecule has 6 nitrogen and oxygen atoms in total. The van der Waals surface area contributed by atoms with Crippen LogP contribution in [0.4, 0.5) is 4.79 Å². The molecule has 6 heteroatoms. The Morgan fingerprint density at radius 2 is 2.08 bits per heavy atom. The maximum Gasteiger partial charge on any atom is 0.404 e. The first kappa shape index (κ1) is 10.7. The van der Waals surface area contributed by atoms with Gasteiger partial charge in [-0.2, -0.15) is 0 Å². The van der Waals surface area contributed by atoms with Crippen LogP contribution in [0.1, 0.15) is 6.42 Å². The number of rotatable bonds is 4. The molecule has 0 fully saturated rings. The molecule has 0 rings (SSSR count). The molecule has 4 N–H and O–H groups in total. The van der Waals surface area contributed by atoms with E-state index in [1.807, 2.05) is 5.32 Å². The lowest BCUT2D eigenvalue weighted by molar-refractivity contribution is -0.121. The Morgan fingerprint density at radius 1 is 1.50 bits per heavy atom. The average Bonchev–Trinajstić information content (AvgIpc) is 2.02. The number of carboxylic acid groups (broad SMARTS) is 1. The number of carbonyl (C=O) groups excluding carboxylic acids is 1. The van der Waals surface area contributed by atoms with Gasteiger partial charge in [-0.1, -0.05) is 0 Å². The van der Waals surface area contributed by atoms with E-state index in [1.165, 1.54) is 7.05 Å². The van der Waals surface area contributed by atoms with Crippen molar-refractivity contribution in [2.75, 3.05) is 13.7 Å². The maximum absolute atomic E-state index is 10.7. The second-order valence-electron chi connectivity index (χ2n) is 2.21. The van der Waals surface area contributed by atoms with Gasteiger partial charge in [0.05, 0.1) is 12.6 Å². The van der Waals surface area contributed by atoms with Crippen molar-refractivity contribution in [2.45, 2.75) is 12.5 Å². The molecule has 0 radical (unpaired) electrons. The van der Waals surface area contributed by atoms with Crippen molar-refractivity contribution in [1.82, 2.24) is 10.6 Å². The molecule has 0 spiro atoms. The van der Waals surface area contributed by atoms with E-state index in [1.54, 1.807) is 0 Å². The van der Waals surface area contributed by atoms with Crippen molar-refractivity contribution in [3.8, 4) is 0 Å². The Balaban J connectivity index is 3.82. The summed E-state index contributed by atoms with van der Waals surface area (Å²) in [6.07, 6.45) is -1.31. The van der Waals surface area contributed by atoms with Gasteiger partial charge in [0.15, 0.2) is 0 Å². The second kappa shape index (κ2) is 5.36. The van der Waals surface area contributed by atoms with E-state index in [9.17, 15) is 9.59 Å². The molecule has 0 heterocycles. The fourth-order valence-corrected chi connectivity index (χ4v) is 0.662. The van der Waals surface area contributed by atoms with Gasteiger partial charge in [0.2, 0.25) is 5.91 Å². The van der Waals surface area contributed by atoms with Crippen LogP contribution in [0.5, 0.6) is 0 Å². The number of nitrogens with one attached hydrogen (secondary N) is 2. The standard InChI is InChI=1S/C6H12N2O4/c1-7-5(10)2-4(3-9)8-6(11)12/h4,8-9H,2-3H2,1H3,(H,7,10)(H,11,12). The van der Waals surface area contributed by atoms with Crippen LogP contribution in [-0.4, -0.2) is 41.9 Å². The summed E-state index contributed by atoms with van der Waals surface area (Å²) in [5.41, 5.74) is 0. The third-order valence-electron chi connectivity index (χ3n) is 1.26. The monoisotopic (exact) mass is 176 g/mol. The van der Waals surface area contributed by atoms with Gasteiger partial charge in [0.25, 0.3) is 0 Å². The smallest absolute Gasteiger partial charge is 0.404 e. The number of aliphatic hydroxyl groups excluding tert-OH is 1. The van der Waals surface area contributed by atoms with Gasteiger partial charge in [-0.3, -0.25) is 4.79 Å². The Kier molecular flexibility index (Phi) is 4.78. The van der Waals surface area contributed by atoms with E-state index >= 15 is 0 Å². The zero-order chi connectivity index (χ0) is 9.56. The van der Waals surface area contributed by atoms with Gasteiger partial charge in [-0.25, -0.2) is 4.79 Å². The SMILES string of the molecule is CNC(=O)CC(CO)NC(=O)O. The number of aliphatic hydroxyl groups is 1. The lowest BCUT2D eigenvalue weighted by Gasteiger charge is -2.12. The molecule has 0 saturated heterocycles. The topological polar surface area (TPSA) is 98.7 Å². The molecule has 1 atom stereocenters. The van der Waals surface area contributed by atoms with E-state index in [-0.39, 0.29) is 18.9 Å². The predicted octanol–water partition coefficient (Wildman–Crippen LogP) is -1.25. The first-order valence-corrected chi connectivity index (χ1v) is 3.41. The highest BCUT2D eigenvalue weighted by Gasteiger charge is 2.13. The predicted molar refractivity (Wildman–Crippen MR) is 40.7 cm³/mol. The number of amides is 2. The number of carbonyl (C=O) groups is 2. The summed E-state index contributed by atoms with van der Waals surface area (Å²) in [6, 6.07) is -0.734. The molecule has 0 aromatic heterocycles. The molecular weight excluding hydrogens is 164 g/mol. The van der Waals surface area contributed by atoms with E-state index in [0.717, 1.165) is 0 Å². The summed E-state index contributed by atoms with van der Waals surface area (Å²) < 4.78 is 0. The fraction of sp³-hybridized carbons (Fsp3) is 0.667. The van der Waals surface area contributed by atoms with E-state index in [4.69, 9.17) is 10.2 Å². The van der Waals surface area contributed by atoms with Gasteiger partial charge < -0.3 is 20.8 Å². The summed E-state index contributed by atoms with van der Waals surface area (Å²) in [6.45, 7) is -0.389.